The van der Waals surface area contributed by atoms with Gasteiger partial charge in [0.2, 0.25) is 5.91 Å². The molecule has 2 aliphatic heterocycles. The van der Waals surface area contributed by atoms with Crippen molar-refractivity contribution in [1.29, 1.82) is 0 Å². The number of carbonyl (C=O) groups is 2. The third kappa shape index (κ3) is 7.15. The number of aromatic nitrogens is 3. The van der Waals surface area contributed by atoms with Crippen LogP contribution in [0.5, 0.6) is 0 Å². The van der Waals surface area contributed by atoms with Crippen molar-refractivity contribution in [2.24, 2.45) is 0 Å². The first-order valence-corrected chi connectivity index (χ1v) is 16.9. The molecule has 3 amide bonds. The quantitative estimate of drug-likeness (QED) is 0.236. The second-order valence-corrected chi connectivity index (χ2v) is 13.4. The number of amides is 3. The Morgan fingerprint density at radius 2 is 1.65 bits per heavy atom. The molecule has 0 bridgehead atoms. The fourth-order valence-corrected chi connectivity index (χ4v) is 7.45. The van der Waals surface area contributed by atoms with Gasteiger partial charge in [0.1, 0.15) is 6.04 Å². The lowest BCUT2D eigenvalue weighted by molar-refractivity contribution is -0.133. The first-order chi connectivity index (χ1) is 22.3. The molecule has 240 valence electrons. The maximum Gasteiger partial charge on any atom is 0.326 e. The number of urea groups is 1. The van der Waals surface area contributed by atoms with Gasteiger partial charge >= 0.3 is 11.7 Å². The van der Waals surface area contributed by atoms with Crippen LogP contribution in [0.15, 0.2) is 86.9 Å². The van der Waals surface area contributed by atoms with Gasteiger partial charge in [0.15, 0.2) is 0 Å². The minimum Gasteiger partial charge on any atom is -0.397 e. The molecule has 4 heterocycles. The van der Waals surface area contributed by atoms with Gasteiger partial charge in [0.25, 0.3) is 0 Å². The molecule has 2 aliphatic rings. The number of nitrogens with two attached hydrogens (primary N) is 1. The van der Waals surface area contributed by atoms with Crippen LogP contribution >= 0.6 is 31.9 Å². The first kappa shape index (κ1) is 31.9. The third-order valence-corrected chi connectivity index (χ3v) is 10.1. The molecule has 2 aromatic carbocycles. The molecule has 0 spiro atoms. The number of piperazine rings is 1. The first-order valence-electron chi connectivity index (χ1n) is 15.4. The molecule has 0 aliphatic carbocycles. The van der Waals surface area contributed by atoms with Gasteiger partial charge in [-0.25, -0.2) is 9.59 Å². The smallest absolute Gasteiger partial charge is 0.326 e. The van der Waals surface area contributed by atoms with Crippen molar-refractivity contribution in [2.45, 2.75) is 31.3 Å². The van der Waals surface area contributed by atoms with Gasteiger partial charge < -0.3 is 30.7 Å². The van der Waals surface area contributed by atoms with Gasteiger partial charge in [0, 0.05) is 73.1 Å². The number of hydrogen-bond acceptors (Lipinski definition) is 6. The SMILES string of the molecule is Nc1c(Br)cc(C[C@@H](NC(=O)N2CCC(n3cc(-c4ccccc4)[nH]c3=O)CC2)C(=O)N2CCN(c3cccnc3)CC2)cc1Br. The van der Waals surface area contributed by atoms with Crippen molar-refractivity contribution in [3.63, 3.8) is 0 Å². The minimum atomic E-state index is -0.765. The number of piperidine rings is 1. The molecule has 4 N–H and O–H groups in total. The van der Waals surface area contributed by atoms with E-state index in [1.165, 1.54) is 0 Å². The number of hydrogen-bond donors (Lipinski definition) is 3. The highest BCUT2D eigenvalue weighted by molar-refractivity contribution is 9.11. The predicted molar refractivity (Wildman–Crippen MR) is 186 cm³/mol. The van der Waals surface area contributed by atoms with Gasteiger partial charge in [-0.1, -0.05) is 30.3 Å². The molecule has 1 atom stereocenters. The molecule has 0 unspecified atom stereocenters. The molecule has 13 heteroatoms. The van der Waals surface area contributed by atoms with Crippen LogP contribution in [0.2, 0.25) is 0 Å². The number of nitrogens with zero attached hydrogens (tertiary/aromatic N) is 5. The Morgan fingerprint density at radius 3 is 2.30 bits per heavy atom. The fourth-order valence-electron chi connectivity index (χ4n) is 6.17. The summed E-state index contributed by atoms with van der Waals surface area (Å²) in [6.07, 6.45) is 7.01. The van der Waals surface area contributed by atoms with E-state index < -0.39 is 6.04 Å². The Labute approximate surface area is 284 Å². The van der Waals surface area contributed by atoms with E-state index in [2.05, 4.69) is 52.0 Å². The number of rotatable bonds is 7. The standard InChI is InChI=1S/C33H36Br2N8O3/c34-26-17-22(18-27(35)30(26)36)19-28(31(44)41-15-13-40(14-16-41)25-7-4-10-37-20-25)38-32(45)42-11-8-24(9-12-42)43-21-29(39-33(43)46)23-5-2-1-3-6-23/h1-7,10,17-18,20-21,24,28H,8-9,11-16,19,36H2,(H,38,45)(H,39,46)/t28-/m1/s1. The monoisotopic (exact) mass is 750 g/mol. The molecule has 6 rings (SSSR count). The van der Waals surface area contributed by atoms with Crippen molar-refractivity contribution in [3.8, 4) is 11.3 Å². The number of aromatic amines is 1. The van der Waals surface area contributed by atoms with Crippen molar-refractivity contribution in [1.82, 2.24) is 29.7 Å². The van der Waals surface area contributed by atoms with Crippen LogP contribution in [0.1, 0.15) is 24.4 Å². The summed E-state index contributed by atoms with van der Waals surface area (Å²) in [5, 5.41) is 3.06. The van der Waals surface area contributed by atoms with E-state index in [4.69, 9.17) is 5.73 Å². The van der Waals surface area contributed by atoms with E-state index in [9.17, 15) is 14.4 Å². The average molecular weight is 753 g/mol. The number of carbonyl (C=O) groups excluding carboxylic acids is 2. The van der Waals surface area contributed by atoms with E-state index in [1.54, 1.807) is 15.7 Å². The Bertz CT molecular complexity index is 1710. The summed E-state index contributed by atoms with van der Waals surface area (Å²) in [6, 6.07) is 16.4. The average Bonchev–Trinajstić information content (AvgIpc) is 3.48. The van der Waals surface area contributed by atoms with Crippen molar-refractivity contribution in [3.05, 3.63) is 98.2 Å². The van der Waals surface area contributed by atoms with E-state index >= 15 is 0 Å². The largest absolute Gasteiger partial charge is 0.397 e. The predicted octanol–water partition coefficient (Wildman–Crippen LogP) is 4.65. The second-order valence-electron chi connectivity index (χ2n) is 11.7. The lowest BCUT2D eigenvalue weighted by Crippen LogP contribution is -2.57. The summed E-state index contributed by atoms with van der Waals surface area (Å²) in [5.41, 5.74) is 10.1. The van der Waals surface area contributed by atoms with Crippen molar-refractivity contribution < 1.29 is 9.59 Å². The van der Waals surface area contributed by atoms with Crippen LogP contribution in [0.3, 0.4) is 0 Å². The van der Waals surface area contributed by atoms with Crippen LogP contribution < -0.4 is 21.6 Å². The molecule has 0 saturated carbocycles. The molecular weight excluding hydrogens is 716 g/mol. The summed E-state index contributed by atoms with van der Waals surface area (Å²) >= 11 is 7.01. The zero-order valence-electron chi connectivity index (χ0n) is 25.2. The van der Waals surface area contributed by atoms with Gasteiger partial charge in [-0.05, 0) is 80.1 Å². The van der Waals surface area contributed by atoms with Crippen LogP contribution in [0.25, 0.3) is 11.3 Å². The zero-order valence-corrected chi connectivity index (χ0v) is 28.4. The van der Waals surface area contributed by atoms with Crippen LogP contribution in [-0.2, 0) is 11.2 Å². The number of H-pyrrole nitrogens is 1. The highest BCUT2D eigenvalue weighted by atomic mass is 79.9. The topological polar surface area (TPSA) is 133 Å². The Kier molecular flexibility index (Phi) is 9.78. The number of imidazole rings is 1. The van der Waals surface area contributed by atoms with Gasteiger partial charge in [-0.15, -0.1) is 0 Å². The number of benzene rings is 2. The van der Waals surface area contributed by atoms with Gasteiger partial charge in [-0.2, -0.15) is 0 Å². The summed E-state index contributed by atoms with van der Waals surface area (Å²) in [4.78, 5) is 53.3. The molecule has 0 radical (unpaired) electrons. The molecule has 46 heavy (non-hydrogen) atoms. The maximum absolute atomic E-state index is 14.0. The number of pyridine rings is 1. The molecule has 11 nitrogen and oxygen atoms in total. The van der Waals surface area contributed by atoms with E-state index in [1.807, 2.05) is 71.9 Å². The number of halogens is 2. The Morgan fingerprint density at radius 1 is 0.957 bits per heavy atom. The fraction of sp³-hybridized carbons (Fsp3) is 0.333. The zero-order chi connectivity index (χ0) is 32.2. The lowest BCUT2D eigenvalue weighted by Gasteiger charge is -2.38. The third-order valence-electron chi connectivity index (χ3n) is 8.75. The normalized spacial score (nSPS) is 16.3. The number of nitrogen functional groups attached to an aromatic ring is 1. The molecule has 4 aromatic rings. The summed E-state index contributed by atoms with van der Waals surface area (Å²) in [5.74, 6) is -0.120. The van der Waals surface area contributed by atoms with E-state index in [0.717, 1.165) is 31.5 Å². The summed E-state index contributed by atoms with van der Waals surface area (Å²) in [7, 11) is 0. The molecule has 2 fully saturated rings. The molecular formula is C33H36Br2N8O3. The van der Waals surface area contributed by atoms with Crippen LogP contribution in [0, 0.1) is 0 Å². The van der Waals surface area contributed by atoms with Crippen LogP contribution in [0.4, 0.5) is 16.2 Å². The molecule has 2 aromatic heterocycles. The number of likely N-dealkylation sites (tertiary alicyclic amines) is 1. The number of anilines is 2. The minimum absolute atomic E-state index is 0.0247. The van der Waals surface area contributed by atoms with E-state index in [0.29, 0.717) is 64.2 Å². The van der Waals surface area contributed by atoms with Gasteiger partial charge in [0.05, 0.1) is 23.3 Å². The second kappa shape index (κ2) is 14.1. The van der Waals surface area contributed by atoms with E-state index in [-0.39, 0.29) is 23.7 Å². The highest BCUT2D eigenvalue weighted by Crippen LogP contribution is 2.30. The Hall–Kier alpha value is -4.10. The summed E-state index contributed by atoms with van der Waals surface area (Å²) in [6.45, 7) is 3.37. The van der Waals surface area contributed by atoms with Crippen molar-refractivity contribution >= 4 is 55.2 Å². The maximum atomic E-state index is 14.0. The Balaban J connectivity index is 1.12. The lowest BCUT2D eigenvalue weighted by atomic mass is 10.0. The van der Waals surface area contributed by atoms with Crippen molar-refractivity contribution in [2.75, 3.05) is 49.9 Å². The summed E-state index contributed by atoms with van der Waals surface area (Å²) < 4.78 is 3.18. The van der Waals surface area contributed by atoms with Crippen LogP contribution in [-0.4, -0.2) is 81.6 Å². The van der Waals surface area contributed by atoms with Gasteiger partial charge in [-0.3, -0.25) is 14.3 Å². The molecule has 2 saturated heterocycles. The number of nitrogens with one attached hydrogen (secondary N) is 2. The highest BCUT2D eigenvalue weighted by Gasteiger charge is 2.32.